The Hall–Kier alpha value is -1.73. The monoisotopic (exact) mass is 520 g/mol. The fraction of sp³-hybridized carbons (Fsp3) is 0.500. The van der Waals surface area contributed by atoms with Crippen molar-refractivity contribution in [1.82, 2.24) is 9.97 Å². The Morgan fingerprint density at radius 1 is 1.27 bits per heavy atom. The number of hydrogen-bond donors (Lipinski definition) is 3. The molecule has 13 heteroatoms. The largest absolute Gasteiger partial charge is 0.474 e. The van der Waals surface area contributed by atoms with Crippen molar-refractivity contribution < 1.29 is 27.2 Å². The lowest BCUT2D eigenvalue weighted by molar-refractivity contribution is 0.0958. The van der Waals surface area contributed by atoms with Crippen molar-refractivity contribution in [3.05, 3.63) is 46.7 Å². The van der Waals surface area contributed by atoms with Gasteiger partial charge >= 0.3 is 10.3 Å². The molecule has 0 bridgehead atoms. The molecule has 0 spiro atoms. The van der Waals surface area contributed by atoms with Gasteiger partial charge in [-0.1, -0.05) is 17.7 Å². The summed E-state index contributed by atoms with van der Waals surface area (Å²) < 4.78 is 38.2. The average Bonchev–Trinajstić information content (AvgIpc) is 3.25. The minimum absolute atomic E-state index is 0. The molecular formula is C20H26Cl2N4O6S. The molecule has 1 aromatic carbocycles. The number of benzene rings is 1. The van der Waals surface area contributed by atoms with E-state index in [1.54, 1.807) is 13.2 Å². The zero-order valence-corrected chi connectivity index (χ0v) is 20.1. The SMILES string of the molecule is CO[C@H]1Cc2cc(Cl)ccc2[C@H]1Nc1cc(O[C@@H]2C[C@@H](COS(N)(=O)=O)[C@@H](O)C2)ncn1.Cl. The van der Waals surface area contributed by atoms with Gasteiger partial charge < -0.3 is 19.9 Å². The summed E-state index contributed by atoms with van der Waals surface area (Å²) in [5.74, 6) is 0.510. The van der Waals surface area contributed by atoms with Crippen LogP contribution in [0.2, 0.25) is 5.02 Å². The van der Waals surface area contributed by atoms with E-state index in [0.717, 1.165) is 17.5 Å². The first-order valence-corrected chi connectivity index (χ1v) is 12.0. The smallest absolute Gasteiger partial charge is 0.333 e. The van der Waals surface area contributed by atoms with Crippen LogP contribution in [0.4, 0.5) is 5.82 Å². The van der Waals surface area contributed by atoms with Crippen LogP contribution in [0.5, 0.6) is 5.88 Å². The van der Waals surface area contributed by atoms with Crippen LogP contribution in [0, 0.1) is 5.92 Å². The summed E-state index contributed by atoms with van der Waals surface area (Å²) in [6.45, 7) is -0.194. The van der Waals surface area contributed by atoms with Crippen molar-refractivity contribution in [2.24, 2.45) is 11.1 Å². The van der Waals surface area contributed by atoms with E-state index in [1.807, 2.05) is 18.2 Å². The lowest BCUT2D eigenvalue weighted by Gasteiger charge is -2.21. The van der Waals surface area contributed by atoms with Crippen LogP contribution in [0.1, 0.15) is 30.0 Å². The summed E-state index contributed by atoms with van der Waals surface area (Å²) in [5.41, 5.74) is 2.22. The lowest BCUT2D eigenvalue weighted by atomic mass is 10.1. The first kappa shape index (κ1) is 25.9. The molecule has 10 nitrogen and oxygen atoms in total. The van der Waals surface area contributed by atoms with Gasteiger partial charge in [0.05, 0.1) is 24.9 Å². The fourth-order valence-corrected chi connectivity index (χ4v) is 4.86. The van der Waals surface area contributed by atoms with Gasteiger partial charge in [0, 0.05) is 37.0 Å². The van der Waals surface area contributed by atoms with Gasteiger partial charge in [-0.15, -0.1) is 12.4 Å². The third-order valence-electron chi connectivity index (χ3n) is 5.83. The number of anilines is 1. The van der Waals surface area contributed by atoms with Crippen LogP contribution in [0.25, 0.3) is 0 Å². The number of methoxy groups -OCH3 is 1. The number of rotatable bonds is 8. The maximum absolute atomic E-state index is 11.0. The van der Waals surface area contributed by atoms with Crippen molar-refractivity contribution >= 4 is 40.1 Å². The average molecular weight is 521 g/mol. The van der Waals surface area contributed by atoms with E-state index in [2.05, 4.69) is 19.5 Å². The van der Waals surface area contributed by atoms with Crippen LogP contribution in [0.3, 0.4) is 0 Å². The predicted molar refractivity (Wildman–Crippen MR) is 124 cm³/mol. The van der Waals surface area contributed by atoms with E-state index >= 15 is 0 Å². The minimum Gasteiger partial charge on any atom is -0.474 e. The molecule has 0 radical (unpaired) electrons. The maximum Gasteiger partial charge on any atom is 0.333 e. The van der Waals surface area contributed by atoms with E-state index in [4.69, 9.17) is 26.2 Å². The summed E-state index contributed by atoms with van der Waals surface area (Å²) in [4.78, 5) is 8.45. The van der Waals surface area contributed by atoms with E-state index in [-0.39, 0.29) is 37.3 Å². The van der Waals surface area contributed by atoms with Crippen LogP contribution >= 0.6 is 24.0 Å². The van der Waals surface area contributed by atoms with Crippen molar-refractivity contribution in [3.8, 4) is 5.88 Å². The first-order chi connectivity index (χ1) is 15.2. The number of aliphatic hydroxyl groups is 1. The Balaban J connectivity index is 0.00000306. The number of nitrogens with zero attached hydrogens (tertiary/aromatic N) is 2. The maximum atomic E-state index is 11.0. The zero-order chi connectivity index (χ0) is 22.9. The molecule has 2 aromatic rings. The molecule has 1 aromatic heterocycles. The van der Waals surface area contributed by atoms with E-state index < -0.39 is 22.3 Å². The van der Waals surface area contributed by atoms with Crippen LogP contribution in [0.15, 0.2) is 30.6 Å². The predicted octanol–water partition coefficient (Wildman–Crippen LogP) is 2.01. The molecule has 1 saturated carbocycles. The molecule has 0 aliphatic heterocycles. The fourth-order valence-electron chi connectivity index (χ4n) is 4.30. The molecule has 4 N–H and O–H groups in total. The highest BCUT2D eigenvalue weighted by Gasteiger charge is 2.36. The van der Waals surface area contributed by atoms with Crippen LogP contribution < -0.4 is 15.2 Å². The summed E-state index contributed by atoms with van der Waals surface area (Å²) in [7, 11) is -2.39. The van der Waals surface area contributed by atoms with Gasteiger partial charge in [0.2, 0.25) is 5.88 Å². The summed E-state index contributed by atoms with van der Waals surface area (Å²) in [6, 6.07) is 7.35. The van der Waals surface area contributed by atoms with Gasteiger partial charge in [0.1, 0.15) is 18.2 Å². The Bertz CT molecular complexity index is 1080. The van der Waals surface area contributed by atoms with E-state index in [1.165, 1.54) is 6.33 Å². The Labute approximate surface area is 203 Å². The van der Waals surface area contributed by atoms with Gasteiger partial charge in [-0.05, 0) is 29.7 Å². The Kier molecular flexibility index (Phi) is 8.38. The second-order valence-electron chi connectivity index (χ2n) is 8.00. The Morgan fingerprint density at radius 3 is 2.79 bits per heavy atom. The number of aromatic nitrogens is 2. The normalized spacial score (nSPS) is 26.5. The first-order valence-electron chi connectivity index (χ1n) is 10.1. The van der Waals surface area contributed by atoms with Crippen molar-refractivity contribution in [2.75, 3.05) is 19.0 Å². The molecular weight excluding hydrogens is 495 g/mol. The van der Waals surface area contributed by atoms with Crippen molar-refractivity contribution in [1.29, 1.82) is 0 Å². The third-order valence-corrected chi connectivity index (χ3v) is 6.53. The Morgan fingerprint density at radius 2 is 2.06 bits per heavy atom. The van der Waals surface area contributed by atoms with Gasteiger partial charge in [-0.25, -0.2) is 15.1 Å². The number of hydrogen-bond acceptors (Lipinski definition) is 9. The number of halogens is 2. The van der Waals surface area contributed by atoms with E-state index in [0.29, 0.717) is 29.6 Å². The summed E-state index contributed by atoms with van der Waals surface area (Å²) in [6.07, 6.45) is 1.69. The number of fused-ring (bicyclic) bond motifs is 1. The number of ether oxygens (including phenoxy) is 2. The van der Waals surface area contributed by atoms with Crippen LogP contribution in [-0.4, -0.2) is 55.5 Å². The highest BCUT2D eigenvalue weighted by atomic mass is 35.5. The molecule has 2 aliphatic carbocycles. The van der Waals surface area contributed by atoms with Crippen LogP contribution in [-0.2, 0) is 25.6 Å². The number of nitrogens with one attached hydrogen (secondary N) is 1. The number of aliphatic hydroxyl groups excluding tert-OH is 1. The molecule has 0 saturated heterocycles. The molecule has 0 unspecified atom stereocenters. The quantitative estimate of drug-likeness (QED) is 0.475. The topological polar surface area (TPSA) is 146 Å². The second kappa shape index (κ2) is 10.7. The highest BCUT2D eigenvalue weighted by Crippen LogP contribution is 2.37. The van der Waals surface area contributed by atoms with Gasteiger partial charge in [-0.3, -0.25) is 4.18 Å². The molecule has 5 atom stereocenters. The molecule has 2 aliphatic rings. The lowest BCUT2D eigenvalue weighted by Crippen LogP contribution is -2.24. The second-order valence-corrected chi connectivity index (χ2v) is 9.66. The molecule has 0 amide bonds. The minimum atomic E-state index is -4.06. The van der Waals surface area contributed by atoms with Gasteiger partial charge in [0.25, 0.3) is 0 Å². The van der Waals surface area contributed by atoms with Gasteiger partial charge in [-0.2, -0.15) is 8.42 Å². The molecule has 4 rings (SSSR count). The van der Waals surface area contributed by atoms with E-state index in [9.17, 15) is 13.5 Å². The van der Waals surface area contributed by atoms with Crippen molar-refractivity contribution in [2.45, 2.75) is 43.6 Å². The van der Waals surface area contributed by atoms with Crippen molar-refractivity contribution in [3.63, 3.8) is 0 Å². The molecule has 182 valence electrons. The zero-order valence-electron chi connectivity index (χ0n) is 17.8. The molecule has 33 heavy (non-hydrogen) atoms. The number of nitrogens with two attached hydrogens (primary N) is 1. The summed E-state index contributed by atoms with van der Waals surface area (Å²) >= 11 is 6.13. The standard InChI is InChI=1S/C20H25ClN4O6S.ClH/c1-29-17-6-11-4-13(21)2-3-15(11)20(17)25-18-8-19(24-10-23-18)31-14-5-12(16(26)7-14)9-30-32(22,27)28;/h2-4,8,10,12,14,16-17,20,26H,5-7,9H2,1H3,(H2,22,27,28)(H,23,24,25);1H/t12-,14+,16-,17-,20+;/m0./s1. The van der Waals surface area contributed by atoms with Gasteiger partial charge in [0.15, 0.2) is 0 Å². The molecule has 1 heterocycles. The highest BCUT2D eigenvalue weighted by molar-refractivity contribution is 7.84. The summed E-state index contributed by atoms with van der Waals surface area (Å²) in [5, 5.41) is 19.1. The molecule has 1 fully saturated rings. The third kappa shape index (κ3) is 6.44.